The maximum absolute atomic E-state index is 12.0. The van der Waals surface area contributed by atoms with Crippen LogP contribution in [0.15, 0.2) is 24.3 Å². The third-order valence-electron chi connectivity index (χ3n) is 3.69. The smallest absolute Gasteiger partial charge is 0.278 e. The maximum atomic E-state index is 12.0. The van der Waals surface area contributed by atoms with Crippen molar-refractivity contribution in [1.29, 1.82) is 0 Å². The van der Waals surface area contributed by atoms with Crippen LogP contribution in [0.2, 0.25) is 5.02 Å². The molecule has 0 saturated carbocycles. The number of halogens is 1. The summed E-state index contributed by atoms with van der Waals surface area (Å²) in [5, 5.41) is 0.642. The molecule has 1 aromatic rings. The van der Waals surface area contributed by atoms with Crippen molar-refractivity contribution < 1.29 is 13.2 Å². The Morgan fingerprint density at radius 1 is 1.32 bits per heavy atom. The van der Waals surface area contributed by atoms with Gasteiger partial charge in [-0.05, 0) is 11.6 Å². The van der Waals surface area contributed by atoms with Gasteiger partial charge in [-0.15, -0.1) is 0 Å². The predicted octanol–water partition coefficient (Wildman–Crippen LogP) is 1.11. The maximum Gasteiger partial charge on any atom is 0.278 e. The lowest BCUT2D eigenvalue weighted by Crippen LogP contribution is -2.45. The topological polar surface area (TPSA) is 61.9 Å². The molecule has 0 amide bonds. The van der Waals surface area contributed by atoms with E-state index in [2.05, 4.69) is 9.62 Å². The van der Waals surface area contributed by atoms with Crippen LogP contribution in [0, 0.1) is 0 Å². The Bertz CT molecular complexity index is 589. The average molecular weight is 348 g/mol. The van der Waals surface area contributed by atoms with Crippen LogP contribution in [0.25, 0.3) is 0 Å². The fraction of sp³-hybridized carbons (Fsp3) is 0.571. The number of rotatable bonds is 6. The highest BCUT2D eigenvalue weighted by Crippen LogP contribution is 2.27. The molecule has 1 atom stereocenters. The number of benzene rings is 1. The van der Waals surface area contributed by atoms with Crippen LogP contribution in [0.5, 0.6) is 0 Å². The highest BCUT2D eigenvalue weighted by Gasteiger charge is 2.26. The van der Waals surface area contributed by atoms with Crippen LogP contribution in [0.4, 0.5) is 0 Å². The second-order valence-electron chi connectivity index (χ2n) is 5.32. The van der Waals surface area contributed by atoms with Crippen LogP contribution in [-0.4, -0.2) is 64.6 Å². The molecular formula is C14H22ClN3O3S. The number of nitrogens with zero attached hydrogens (tertiary/aromatic N) is 2. The molecule has 1 saturated heterocycles. The first kappa shape index (κ1) is 17.7. The Morgan fingerprint density at radius 2 is 1.95 bits per heavy atom. The fourth-order valence-corrected chi connectivity index (χ4v) is 3.27. The molecule has 6 nitrogen and oxygen atoms in total. The second kappa shape index (κ2) is 7.72. The van der Waals surface area contributed by atoms with Gasteiger partial charge in [-0.25, -0.2) is 4.72 Å². The van der Waals surface area contributed by atoms with E-state index >= 15 is 0 Å². The van der Waals surface area contributed by atoms with Crippen molar-refractivity contribution in [3.63, 3.8) is 0 Å². The molecule has 1 N–H and O–H groups in total. The summed E-state index contributed by atoms with van der Waals surface area (Å²) < 4.78 is 33.1. The third-order valence-corrected chi connectivity index (χ3v) is 5.53. The predicted molar refractivity (Wildman–Crippen MR) is 87.2 cm³/mol. The fourth-order valence-electron chi connectivity index (χ4n) is 2.38. The number of nitrogens with one attached hydrogen (secondary N) is 1. The minimum atomic E-state index is -3.47. The van der Waals surface area contributed by atoms with Gasteiger partial charge < -0.3 is 4.74 Å². The van der Waals surface area contributed by atoms with Gasteiger partial charge in [0.25, 0.3) is 10.2 Å². The lowest BCUT2D eigenvalue weighted by molar-refractivity contribution is 0.0171. The third kappa shape index (κ3) is 4.41. The highest BCUT2D eigenvalue weighted by molar-refractivity contribution is 7.87. The molecule has 124 valence electrons. The minimum Gasteiger partial charge on any atom is -0.379 e. The summed E-state index contributed by atoms with van der Waals surface area (Å²) in [5.41, 5.74) is 0.924. The SMILES string of the molecule is CN(C)S(=O)(=O)NCC(c1ccccc1Cl)N1CCOCC1. The van der Waals surface area contributed by atoms with Gasteiger partial charge in [-0.1, -0.05) is 29.8 Å². The molecule has 0 spiro atoms. The summed E-state index contributed by atoms with van der Waals surface area (Å²) in [5.74, 6) is 0. The molecule has 1 fully saturated rings. The van der Waals surface area contributed by atoms with Gasteiger partial charge in [-0.2, -0.15) is 12.7 Å². The number of hydrogen-bond donors (Lipinski definition) is 1. The number of morpholine rings is 1. The van der Waals surface area contributed by atoms with E-state index in [9.17, 15) is 8.42 Å². The van der Waals surface area contributed by atoms with Gasteiger partial charge in [0.15, 0.2) is 0 Å². The monoisotopic (exact) mass is 347 g/mol. The van der Waals surface area contributed by atoms with Crippen molar-refractivity contribution in [1.82, 2.24) is 13.9 Å². The van der Waals surface area contributed by atoms with Crippen molar-refractivity contribution in [3.05, 3.63) is 34.9 Å². The van der Waals surface area contributed by atoms with E-state index < -0.39 is 10.2 Å². The van der Waals surface area contributed by atoms with Crippen molar-refractivity contribution in [3.8, 4) is 0 Å². The van der Waals surface area contributed by atoms with Crippen LogP contribution < -0.4 is 4.72 Å². The summed E-state index contributed by atoms with van der Waals surface area (Å²) in [6.45, 7) is 3.05. The lowest BCUT2D eigenvalue weighted by Gasteiger charge is -2.35. The summed E-state index contributed by atoms with van der Waals surface area (Å²) in [4.78, 5) is 2.20. The van der Waals surface area contributed by atoms with Crippen LogP contribution in [0.3, 0.4) is 0 Å². The molecule has 2 rings (SSSR count). The van der Waals surface area contributed by atoms with Gasteiger partial charge in [0.1, 0.15) is 0 Å². The zero-order chi connectivity index (χ0) is 16.2. The molecule has 1 aromatic carbocycles. The quantitative estimate of drug-likeness (QED) is 0.837. The molecular weight excluding hydrogens is 326 g/mol. The minimum absolute atomic E-state index is 0.118. The van der Waals surface area contributed by atoms with Crippen LogP contribution in [-0.2, 0) is 14.9 Å². The Kier molecular flexibility index (Phi) is 6.19. The number of hydrogen-bond acceptors (Lipinski definition) is 4. The first-order valence-electron chi connectivity index (χ1n) is 7.15. The van der Waals surface area contributed by atoms with E-state index in [0.29, 0.717) is 18.2 Å². The van der Waals surface area contributed by atoms with Gasteiger partial charge in [-0.3, -0.25) is 4.90 Å². The Hall–Kier alpha value is -0.700. The molecule has 0 radical (unpaired) electrons. The van der Waals surface area contributed by atoms with Crippen LogP contribution >= 0.6 is 11.6 Å². The summed E-state index contributed by atoms with van der Waals surface area (Å²) in [7, 11) is -0.467. The normalized spacial score (nSPS) is 18.5. The summed E-state index contributed by atoms with van der Waals surface area (Å²) in [6.07, 6.45) is 0. The van der Waals surface area contributed by atoms with Crippen molar-refractivity contribution in [2.75, 3.05) is 46.9 Å². The van der Waals surface area contributed by atoms with E-state index in [4.69, 9.17) is 16.3 Å². The van der Waals surface area contributed by atoms with E-state index in [-0.39, 0.29) is 12.6 Å². The number of ether oxygens (including phenoxy) is 1. The van der Waals surface area contributed by atoms with E-state index in [0.717, 1.165) is 23.0 Å². The first-order valence-corrected chi connectivity index (χ1v) is 8.97. The molecule has 1 aliphatic heterocycles. The van der Waals surface area contributed by atoms with Crippen molar-refractivity contribution in [2.45, 2.75) is 6.04 Å². The van der Waals surface area contributed by atoms with Gasteiger partial charge >= 0.3 is 0 Å². The van der Waals surface area contributed by atoms with E-state index in [1.807, 2.05) is 24.3 Å². The Labute approximate surface area is 137 Å². The van der Waals surface area contributed by atoms with Gasteiger partial charge in [0.05, 0.1) is 19.3 Å². The van der Waals surface area contributed by atoms with Crippen molar-refractivity contribution >= 4 is 21.8 Å². The average Bonchev–Trinajstić information content (AvgIpc) is 2.50. The molecule has 8 heteroatoms. The molecule has 0 aliphatic carbocycles. The lowest BCUT2D eigenvalue weighted by atomic mass is 10.0. The first-order chi connectivity index (χ1) is 10.4. The van der Waals surface area contributed by atoms with E-state index in [1.165, 1.54) is 14.1 Å². The molecule has 1 aliphatic rings. The molecule has 22 heavy (non-hydrogen) atoms. The summed E-state index contributed by atoms with van der Waals surface area (Å²) >= 11 is 6.31. The molecule has 1 heterocycles. The zero-order valence-corrected chi connectivity index (χ0v) is 14.4. The standard InChI is InChI=1S/C14H22ClN3O3S/c1-17(2)22(19,20)16-11-14(18-7-9-21-10-8-18)12-5-3-4-6-13(12)15/h3-6,14,16H,7-11H2,1-2H3. The second-order valence-corrected chi connectivity index (χ2v) is 7.70. The molecule has 1 unspecified atom stereocenters. The van der Waals surface area contributed by atoms with Gasteiger partial charge in [0, 0.05) is 38.8 Å². The molecule has 0 aromatic heterocycles. The van der Waals surface area contributed by atoms with Crippen molar-refractivity contribution in [2.24, 2.45) is 0 Å². The molecule has 0 bridgehead atoms. The Balaban J connectivity index is 2.20. The van der Waals surface area contributed by atoms with Gasteiger partial charge in [0.2, 0.25) is 0 Å². The van der Waals surface area contributed by atoms with Crippen LogP contribution in [0.1, 0.15) is 11.6 Å². The zero-order valence-electron chi connectivity index (χ0n) is 12.8. The Morgan fingerprint density at radius 3 is 2.55 bits per heavy atom. The van der Waals surface area contributed by atoms with E-state index in [1.54, 1.807) is 0 Å². The summed E-state index contributed by atoms with van der Waals surface area (Å²) in [6, 6.07) is 7.42. The largest absolute Gasteiger partial charge is 0.379 e. The highest BCUT2D eigenvalue weighted by atomic mass is 35.5.